The second-order valence-corrected chi connectivity index (χ2v) is 3.96. The molecule has 0 bridgehead atoms. The molecule has 0 aromatic rings. The van der Waals surface area contributed by atoms with Gasteiger partial charge < -0.3 is 0 Å². The van der Waals surface area contributed by atoms with Crippen LogP contribution >= 0.6 is 0 Å². The predicted octanol–water partition coefficient (Wildman–Crippen LogP) is 1.71. The van der Waals surface area contributed by atoms with Crippen LogP contribution in [0.15, 0.2) is 0 Å². The monoisotopic (exact) mass is 264 g/mol. The number of halogens is 7. The van der Waals surface area contributed by atoms with Crippen molar-refractivity contribution in [1.82, 2.24) is 0 Å². The molecule has 0 amide bonds. The summed E-state index contributed by atoms with van der Waals surface area (Å²) in [6.45, 7) is 0. The highest BCUT2D eigenvalue weighted by Gasteiger charge is 2.62. The van der Waals surface area contributed by atoms with E-state index in [1.54, 1.807) is 0 Å². The first kappa shape index (κ1) is 14.4. The Kier molecular flexibility index (Phi) is 3.63. The van der Waals surface area contributed by atoms with Crippen molar-refractivity contribution in [3.63, 3.8) is 0 Å². The second kappa shape index (κ2) is 3.77. The zero-order valence-electron chi connectivity index (χ0n) is 6.47. The van der Waals surface area contributed by atoms with Gasteiger partial charge in [0.15, 0.2) is 0 Å². The minimum Gasteiger partial charge on any atom is -0.285 e. The maximum Gasteiger partial charge on any atom is 0.421 e. The van der Waals surface area contributed by atoms with Crippen LogP contribution in [-0.2, 0) is 10.1 Å². The Hall–Kier alpha value is -0.580. The van der Waals surface area contributed by atoms with Crippen molar-refractivity contribution in [3.05, 3.63) is 0 Å². The summed E-state index contributed by atoms with van der Waals surface area (Å²) in [5, 5.41) is -4.52. The molecule has 0 aromatic carbocycles. The van der Waals surface area contributed by atoms with Crippen LogP contribution in [0.5, 0.6) is 0 Å². The summed E-state index contributed by atoms with van der Waals surface area (Å²) in [5.74, 6) is 0. The Balaban J connectivity index is 5.36. The molecule has 15 heavy (non-hydrogen) atoms. The van der Waals surface area contributed by atoms with E-state index in [-0.39, 0.29) is 0 Å². The summed E-state index contributed by atoms with van der Waals surface area (Å²) in [6, 6.07) is 0. The van der Waals surface area contributed by atoms with E-state index >= 15 is 0 Å². The van der Waals surface area contributed by atoms with E-state index in [0.29, 0.717) is 0 Å². The van der Waals surface area contributed by atoms with E-state index in [1.165, 1.54) is 0 Å². The molecule has 2 atom stereocenters. The fourth-order valence-electron chi connectivity index (χ4n) is 0.657. The Morgan fingerprint density at radius 2 is 1.27 bits per heavy atom. The lowest BCUT2D eigenvalue weighted by atomic mass is 10.2. The van der Waals surface area contributed by atoms with Gasteiger partial charge in [-0.3, -0.25) is 4.55 Å². The standard InChI is InChI=1S/C4H3F7O3S/c5-1(3(6,7)8)2(4(9,10)11)15(12,13)14/h1-2H,(H,12,13,14). The second-order valence-electron chi connectivity index (χ2n) is 2.42. The molecular weight excluding hydrogens is 261 g/mol. The molecule has 1 N–H and O–H groups in total. The molecule has 0 saturated heterocycles. The molecule has 0 saturated carbocycles. The van der Waals surface area contributed by atoms with Crippen molar-refractivity contribution in [2.75, 3.05) is 0 Å². The molecular formula is C4H3F7O3S. The van der Waals surface area contributed by atoms with Crippen LogP contribution in [-0.4, -0.2) is 36.7 Å². The van der Waals surface area contributed by atoms with Crippen molar-refractivity contribution in [3.8, 4) is 0 Å². The molecule has 0 aliphatic rings. The van der Waals surface area contributed by atoms with Gasteiger partial charge in [0.05, 0.1) is 0 Å². The minimum atomic E-state index is -6.22. The smallest absolute Gasteiger partial charge is 0.285 e. The molecule has 2 unspecified atom stereocenters. The fourth-order valence-corrected chi connectivity index (χ4v) is 1.45. The van der Waals surface area contributed by atoms with Crippen molar-refractivity contribution < 1.29 is 43.7 Å². The zero-order valence-corrected chi connectivity index (χ0v) is 7.29. The van der Waals surface area contributed by atoms with Gasteiger partial charge in [0.2, 0.25) is 11.4 Å². The van der Waals surface area contributed by atoms with Crippen LogP contribution in [0.1, 0.15) is 0 Å². The lowest BCUT2D eigenvalue weighted by Gasteiger charge is -2.22. The van der Waals surface area contributed by atoms with Gasteiger partial charge in [0, 0.05) is 0 Å². The van der Waals surface area contributed by atoms with Crippen LogP contribution in [0.4, 0.5) is 30.7 Å². The van der Waals surface area contributed by atoms with Gasteiger partial charge in [-0.05, 0) is 0 Å². The third-order valence-electron chi connectivity index (χ3n) is 1.22. The summed E-state index contributed by atoms with van der Waals surface area (Å²) in [6.07, 6.45) is -16.8. The van der Waals surface area contributed by atoms with Gasteiger partial charge in [0.1, 0.15) is 0 Å². The Morgan fingerprint density at radius 1 is 0.933 bits per heavy atom. The lowest BCUT2D eigenvalue weighted by molar-refractivity contribution is -0.219. The van der Waals surface area contributed by atoms with Gasteiger partial charge in [0.25, 0.3) is 10.1 Å². The summed E-state index contributed by atoms with van der Waals surface area (Å²) < 4.78 is 110. The van der Waals surface area contributed by atoms with Crippen molar-refractivity contribution in [2.24, 2.45) is 0 Å². The van der Waals surface area contributed by atoms with Gasteiger partial charge in [-0.2, -0.15) is 34.8 Å². The van der Waals surface area contributed by atoms with Crippen molar-refractivity contribution >= 4 is 10.1 Å². The average Bonchev–Trinajstić information content (AvgIpc) is 1.76. The third-order valence-corrected chi connectivity index (χ3v) is 2.37. The normalized spacial score (nSPS) is 18.7. The summed E-state index contributed by atoms with van der Waals surface area (Å²) in [4.78, 5) is 0. The van der Waals surface area contributed by atoms with E-state index in [1.807, 2.05) is 0 Å². The van der Waals surface area contributed by atoms with E-state index < -0.39 is 33.9 Å². The minimum absolute atomic E-state index is 4.52. The zero-order chi connectivity index (χ0) is 12.7. The molecule has 0 rings (SSSR count). The van der Waals surface area contributed by atoms with E-state index in [0.717, 1.165) is 0 Å². The Bertz CT molecular complexity index is 314. The molecule has 0 radical (unpaired) electrons. The SMILES string of the molecule is O=S(=O)(O)C(C(F)C(F)(F)F)C(F)(F)F. The first-order chi connectivity index (χ1) is 6.28. The Morgan fingerprint density at radius 3 is 1.33 bits per heavy atom. The van der Waals surface area contributed by atoms with Crippen molar-refractivity contribution in [2.45, 2.75) is 23.8 Å². The summed E-state index contributed by atoms with van der Waals surface area (Å²) in [5.41, 5.74) is 0. The van der Waals surface area contributed by atoms with Crippen LogP contribution in [0.2, 0.25) is 0 Å². The summed E-state index contributed by atoms with van der Waals surface area (Å²) >= 11 is 0. The Labute approximate surface area is 78.6 Å². The first-order valence-corrected chi connectivity index (χ1v) is 4.52. The average molecular weight is 264 g/mol. The van der Waals surface area contributed by atoms with Gasteiger partial charge in [-0.25, -0.2) is 4.39 Å². The molecule has 3 nitrogen and oxygen atoms in total. The van der Waals surface area contributed by atoms with Gasteiger partial charge in [-0.15, -0.1) is 0 Å². The van der Waals surface area contributed by atoms with E-state index in [9.17, 15) is 39.2 Å². The molecule has 92 valence electrons. The van der Waals surface area contributed by atoms with Gasteiger partial charge >= 0.3 is 12.4 Å². The molecule has 0 aliphatic carbocycles. The highest BCUT2D eigenvalue weighted by molar-refractivity contribution is 7.86. The van der Waals surface area contributed by atoms with Crippen LogP contribution in [0.3, 0.4) is 0 Å². The van der Waals surface area contributed by atoms with E-state index in [2.05, 4.69) is 0 Å². The quantitative estimate of drug-likeness (QED) is 0.610. The maximum atomic E-state index is 12.2. The molecule has 0 aliphatic heterocycles. The highest BCUT2D eigenvalue weighted by Crippen LogP contribution is 2.36. The predicted molar refractivity (Wildman–Crippen MR) is 32.3 cm³/mol. The fraction of sp³-hybridized carbons (Fsp3) is 1.00. The summed E-state index contributed by atoms with van der Waals surface area (Å²) in [7, 11) is -6.22. The van der Waals surface area contributed by atoms with Crippen molar-refractivity contribution in [1.29, 1.82) is 0 Å². The van der Waals surface area contributed by atoms with Crippen LogP contribution < -0.4 is 0 Å². The number of rotatable bonds is 2. The van der Waals surface area contributed by atoms with Crippen LogP contribution in [0.25, 0.3) is 0 Å². The third kappa shape index (κ3) is 3.81. The van der Waals surface area contributed by atoms with Gasteiger partial charge in [-0.1, -0.05) is 0 Å². The molecule has 0 aromatic heterocycles. The molecule has 11 heteroatoms. The molecule has 0 heterocycles. The molecule has 0 spiro atoms. The van der Waals surface area contributed by atoms with E-state index in [4.69, 9.17) is 4.55 Å². The molecule has 0 fully saturated rings. The maximum absolute atomic E-state index is 12.2. The topological polar surface area (TPSA) is 54.4 Å². The number of alkyl halides is 7. The highest BCUT2D eigenvalue weighted by atomic mass is 32.2. The largest absolute Gasteiger partial charge is 0.421 e. The first-order valence-electron chi connectivity index (χ1n) is 3.01. The number of hydrogen-bond donors (Lipinski definition) is 1. The van der Waals surface area contributed by atoms with Crippen LogP contribution in [0, 0.1) is 0 Å². The number of hydrogen-bond acceptors (Lipinski definition) is 2. The lowest BCUT2D eigenvalue weighted by Crippen LogP contribution is -2.49.